The first kappa shape index (κ1) is 11.3. The molecule has 1 aliphatic heterocycles. The van der Waals surface area contributed by atoms with Gasteiger partial charge in [0.15, 0.2) is 5.82 Å². The van der Waals surface area contributed by atoms with E-state index in [0.717, 1.165) is 32.5 Å². The summed E-state index contributed by atoms with van der Waals surface area (Å²) in [5.74, 6) is 0.819. The van der Waals surface area contributed by atoms with E-state index in [9.17, 15) is 4.79 Å². The quantitative estimate of drug-likeness (QED) is 0.783. The molecule has 4 heteroatoms. The van der Waals surface area contributed by atoms with Gasteiger partial charge in [-0.25, -0.2) is 4.98 Å². The SMILES string of the molecule is CCn1ccnc1C(=O)C1(CC)CCNC1. The van der Waals surface area contributed by atoms with Crippen molar-refractivity contribution in [1.29, 1.82) is 0 Å². The third-order valence-corrected chi connectivity index (χ3v) is 3.66. The molecule has 2 rings (SSSR count). The van der Waals surface area contributed by atoms with Crippen LogP contribution in [0.1, 0.15) is 37.3 Å². The zero-order chi connectivity index (χ0) is 11.6. The number of carbonyl (C=O) groups excluding carboxylic acids is 1. The van der Waals surface area contributed by atoms with Crippen LogP contribution in [-0.4, -0.2) is 28.4 Å². The first-order valence-electron chi connectivity index (χ1n) is 6.00. The van der Waals surface area contributed by atoms with Crippen molar-refractivity contribution in [3.8, 4) is 0 Å². The van der Waals surface area contributed by atoms with Crippen LogP contribution >= 0.6 is 0 Å². The van der Waals surface area contributed by atoms with Crippen LogP contribution in [0.5, 0.6) is 0 Å². The molecule has 0 amide bonds. The monoisotopic (exact) mass is 221 g/mol. The number of ketones is 1. The van der Waals surface area contributed by atoms with E-state index < -0.39 is 0 Å². The van der Waals surface area contributed by atoms with Gasteiger partial charge in [-0.3, -0.25) is 4.79 Å². The molecule has 1 aromatic heterocycles. The maximum absolute atomic E-state index is 12.5. The molecule has 4 nitrogen and oxygen atoms in total. The Morgan fingerprint density at radius 3 is 3.00 bits per heavy atom. The second-order valence-electron chi connectivity index (χ2n) is 4.43. The normalized spacial score (nSPS) is 24.9. The molecule has 1 fully saturated rings. The third kappa shape index (κ3) is 1.67. The number of Topliss-reactive ketones (excluding diaryl/α,β-unsaturated/α-hetero) is 1. The maximum Gasteiger partial charge on any atom is 0.205 e. The van der Waals surface area contributed by atoms with Crippen molar-refractivity contribution < 1.29 is 4.79 Å². The minimum absolute atomic E-state index is 0.201. The lowest BCUT2D eigenvalue weighted by atomic mass is 9.79. The van der Waals surface area contributed by atoms with Crippen LogP contribution in [0.3, 0.4) is 0 Å². The Morgan fingerprint density at radius 2 is 2.44 bits per heavy atom. The van der Waals surface area contributed by atoms with E-state index in [4.69, 9.17) is 0 Å². The lowest BCUT2D eigenvalue weighted by Crippen LogP contribution is -2.34. The van der Waals surface area contributed by atoms with Crippen molar-refractivity contribution >= 4 is 5.78 Å². The summed E-state index contributed by atoms with van der Waals surface area (Å²) in [5.41, 5.74) is -0.224. The minimum Gasteiger partial charge on any atom is -0.329 e. The molecule has 1 atom stereocenters. The summed E-state index contributed by atoms with van der Waals surface area (Å²) in [6, 6.07) is 0. The first-order valence-corrected chi connectivity index (χ1v) is 6.00. The van der Waals surface area contributed by atoms with Crippen molar-refractivity contribution in [2.45, 2.75) is 33.2 Å². The Morgan fingerprint density at radius 1 is 1.62 bits per heavy atom. The summed E-state index contributed by atoms with van der Waals surface area (Å²) in [6.07, 6.45) is 5.40. The highest BCUT2D eigenvalue weighted by Crippen LogP contribution is 2.32. The van der Waals surface area contributed by atoms with Crippen molar-refractivity contribution in [3.63, 3.8) is 0 Å². The van der Waals surface area contributed by atoms with E-state index in [2.05, 4.69) is 17.2 Å². The fourth-order valence-electron chi connectivity index (χ4n) is 2.41. The van der Waals surface area contributed by atoms with Gasteiger partial charge in [0.1, 0.15) is 0 Å². The Kier molecular flexibility index (Phi) is 3.10. The lowest BCUT2D eigenvalue weighted by Gasteiger charge is -2.24. The first-order chi connectivity index (χ1) is 7.73. The molecule has 1 aliphatic rings. The number of hydrogen-bond acceptors (Lipinski definition) is 3. The highest BCUT2D eigenvalue weighted by Gasteiger charge is 2.41. The number of hydrogen-bond donors (Lipinski definition) is 1. The summed E-state index contributed by atoms with van der Waals surface area (Å²) in [6.45, 7) is 6.65. The van der Waals surface area contributed by atoms with Gasteiger partial charge in [0.2, 0.25) is 5.78 Å². The highest BCUT2D eigenvalue weighted by atomic mass is 16.1. The van der Waals surface area contributed by atoms with Gasteiger partial charge in [-0.1, -0.05) is 6.92 Å². The topological polar surface area (TPSA) is 46.9 Å². The summed E-state index contributed by atoms with van der Waals surface area (Å²) < 4.78 is 1.93. The average molecular weight is 221 g/mol. The van der Waals surface area contributed by atoms with Crippen molar-refractivity contribution in [1.82, 2.24) is 14.9 Å². The van der Waals surface area contributed by atoms with E-state index in [1.807, 2.05) is 17.7 Å². The Labute approximate surface area is 96.1 Å². The lowest BCUT2D eigenvalue weighted by molar-refractivity contribution is 0.0794. The van der Waals surface area contributed by atoms with Gasteiger partial charge in [-0.05, 0) is 26.3 Å². The van der Waals surface area contributed by atoms with Gasteiger partial charge < -0.3 is 9.88 Å². The second-order valence-corrected chi connectivity index (χ2v) is 4.43. The Bertz CT molecular complexity index is 377. The predicted molar refractivity (Wildman–Crippen MR) is 62.4 cm³/mol. The Hall–Kier alpha value is -1.16. The second kappa shape index (κ2) is 4.37. The molecular formula is C12H19N3O. The molecule has 1 aromatic rings. The number of nitrogens with one attached hydrogen (secondary N) is 1. The zero-order valence-electron chi connectivity index (χ0n) is 9.99. The highest BCUT2D eigenvalue weighted by molar-refractivity contribution is 5.98. The number of carbonyl (C=O) groups is 1. The summed E-state index contributed by atoms with van der Waals surface area (Å²) in [7, 11) is 0. The number of nitrogens with zero attached hydrogens (tertiary/aromatic N) is 2. The van der Waals surface area contributed by atoms with E-state index >= 15 is 0 Å². The van der Waals surface area contributed by atoms with Crippen molar-refractivity contribution in [2.75, 3.05) is 13.1 Å². The molecule has 0 radical (unpaired) electrons. The van der Waals surface area contributed by atoms with E-state index in [1.54, 1.807) is 6.20 Å². The molecule has 0 spiro atoms. The van der Waals surface area contributed by atoms with E-state index in [1.165, 1.54) is 0 Å². The number of aryl methyl sites for hydroxylation is 1. The maximum atomic E-state index is 12.5. The summed E-state index contributed by atoms with van der Waals surface area (Å²) in [5, 5.41) is 3.29. The van der Waals surface area contributed by atoms with E-state index in [-0.39, 0.29) is 11.2 Å². The molecule has 0 aromatic carbocycles. The summed E-state index contributed by atoms with van der Waals surface area (Å²) >= 11 is 0. The van der Waals surface area contributed by atoms with Crippen LogP contribution < -0.4 is 5.32 Å². The Balaban J connectivity index is 2.30. The molecule has 0 bridgehead atoms. The predicted octanol–water partition coefficient (Wildman–Crippen LogP) is 1.48. The fraction of sp³-hybridized carbons (Fsp3) is 0.667. The van der Waals surface area contributed by atoms with Gasteiger partial charge in [-0.15, -0.1) is 0 Å². The van der Waals surface area contributed by atoms with E-state index in [0.29, 0.717) is 5.82 Å². The number of rotatable bonds is 4. The van der Waals surface area contributed by atoms with Crippen LogP contribution in [0, 0.1) is 5.41 Å². The minimum atomic E-state index is -0.224. The standard InChI is InChI=1S/C12H19N3O/c1-3-12(5-6-13-9-12)10(16)11-14-7-8-15(11)4-2/h7-8,13H,3-6,9H2,1-2H3. The van der Waals surface area contributed by atoms with Crippen LogP contribution in [0.15, 0.2) is 12.4 Å². The van der Waals surface area contributed by atoms with Gasteiger partial charge >= 0.3 is 0 Å². The molecule has 0 saturated carbocycles. The van der Waals surface area contributed by atoms with Gasteiger partial charge in [0.05, 0.1) is 5.41 Å². The molecule has 88 valence electrons. The molecule has 1 N–H and O–H groups in total. The van der Waals surface area contributed by atoms with Gasteiger partial charge in [0, 0.05) is 25.5 Å². The number of imidazole rings is 1. The average Bonchev–Trinajstić information content (AvgIpc) is 2.97. The van der Waals surface area contributed by atoms with Gasteiger partial charge in [0.25, 0.3) is 0 Å². The summed E-state index contributed by atoms with van der Waals surface area (Å²) in [4.78, 5) is 16.7. The van der Waals surface area contributed by atoms with Crippen molar-refractivity contribution in [3.05, 3.63) is 18.2 Å². The van der Waals surface area contributed by atoms with Crippen LogP contribution in [0.2, 0.25) is 0 Å². The molecule has 0 aliphatic carbocycles. The van der Waals surface area contributed by atoms with Crippen molar-refractivity contribution in [2.24, 2.45) is 5.41 Å². The number of aromatic nitrogens is 2. The van der Waals surface area contributed by atoms with Crippen LogP contribution in [0.25, 0.3) is 0 Å². The molecular weight excluding hydrogens is 202 g/mol. The molecule has 1 saturated heterocycles. The van der Waals surface area contributed by atoms with Crippen LogP contribution in [0.4, 0.5) is 0 Å². The van der Waals surface area contributed by atoms with Gasteiger partial charge in [-0.2, -0.15) is 0 Å². The molecule has 1 unspecified atom stereocenters. The fourth-order valence-corrected chi connectivity index (χ4v) is 2.41. The smallest absolute Gasteiger partial charge is 0.205 e. The zero-order valence-corrected chi connectivity index (χ0v) is 9.99. The molecule has 16 heavy (non-hydrogen) atoms. The molecule has 2 heterocycles. The van der Waals surface area contributed by atoms with Crippen LogP contribution in [-0.2, 0) is 6.54 Å². The third-order valence-electron chi connectivity index (χ3n) is 3.66. The largest absolute Gasteiger partial charge is 0.329 e.